The minimum absolute atomic E-state index is 0.0401. The molecule has 1 aromatic heterocycles. The van der Waals surface area contributed by atoms with Crippen molar-refractivity contribution in [2.75, 3.05) is 12.4 Å². The van der Waals surface area contributed by atoms with Crippen LogP contribution in [0.15, 0.2) is 35.7 Å². The standard InChI is InChI=1S/C17H19NO3S/c1-12-8-9-13(17(20)21-2)11-15(12)18-16(19)7-3-5-14-6-4-10-22-14/h4,6,8-11H,3,5,7H2,1-2H3,(H,18,19). The number of rotatable bonds is 6. The van der Waals surface area contributed by atoms with Crippen LogP contribution >= 0.6 is 11.3 Å². The molecular weight excluding hydrogens is 298 g/mol. The average Bonchev–Trinajstić information content (AvgIpc) is 3.02. The number of aryl methyl sites for hydroxylation is 2. The number of hydrogen-bond donors (Lipinski definition) is 1. The van der Waals surface area contributed by atoms with Crippen LogP contribution in [0.25, 0.3) is 0 Å². The number of ether oxygens (including phenoxy) is 1. The molecule has 0 saturated heterocycles. The first-order chi connectivity index (χ1) is 10.6. The van der Waals surface area contributed by atoms with E-state index in [4.69, 9.17) is 4.74 Å². The van der Waals surface area contributed by atoms with Crippen LogP contribution in [0.5, 0.6) is 0 Å². The van der Waals surface area contributed by atoms with Gasteiger partial charge in [0.15, 0.2) is 0 Å². The maximum atomic E-state index is 12.0. The maximum Gasteiger partial charge on any atom is 0.337 e. The van der Waals surface area contributed by atoms with Gasteiger partial charge in [-0.1, -0.05) is 12.1 Å². The number of carbonyl (C=O) groups excluding carboxylic acids is 2. The maximum absolute atomic E-state index is 12.0. The van der Waals surface area contributed by atoms with Gasteiger partial charge in [-0.15, -0.1) is 11.3 Å². The summed E-state index contributed by atoms with van der Waals surface area (Å²) in [5.74, 6) is -0.449. The Morgan fingerprint density at radius 2 is 2.09 bits per heavy atom. The fourth-order valence-corrected chi connectivity index (χ4v) is 2.84. The van der Waals surface area contributed by atoms with Gasteiger partial charge in [0.1, 0.15) is 0 Å². The monoisotopic (exact) mass is 317 g/mol. The Morgan fingerprint density at radius 3 is 2.77 bits per heavy atom. The van der Waals surface area contributed by atoms with Crippen molar-refractivity contribution in [3.05, 3.63) is 51.7 Å². The molecule has 5 heteroatoms. The number of methoxy groups -OCH3 is 1. The average molecular weight is 317 g/mol. The fourth-order valence-electron chi connectivity index (χ4n) is 2.09. The fraction of sp³-hybridized carbons (Fsp3) is 0.294. The topological polar surface area (TPSA) is 55.4 Å². The SMILES string of the molecule is COC(=O)c1ccc(C)c(NC(=O)CCCc2cccs2)c1. The first-order valence-corrected chi connectivity index (χ1v) is 7.99. The van der Waals surface area contributed by atoms with E-state index in [2.05, 4.69) is 11.4 Å². The minimum Gasteiger partial charge on any atom is -0.465 e. The molecule has 0 aliphatic carbocycles. The van der Waals surface area contributed by atoms with Crippen molar-refractivity contribution in [1.29, 1.82) is 0 Å². The molecule has 1 amide bonds. The number of anilines is 1. The molecule has 0 bridgehead atoms. The number of nitrogens with one attached hydrogen (secondary N) is 1. The van der Waals surface area contributed by atoms with Crippen molar-refractivity contribution in [2.45, 2.75) is 26.2 Å². The van der Waals surface area contributed by atoms with Crippen LogP contribution in [0.1, 0.15) is 33.6 Å². The van der Waals surface area contributed by atoms with E-state index in [0.717, 1.165) is 18.4 Å². The summed E-state index contributed by atoms with van der Waals surface area (Å²) in [5, 5.41) is 4.91. The Morgan fingerprint density at radius 1 is 1.27 bits per heavy atom. The van der Waals surface area contributed by atoms with Crippen molar-refractivity contribution >= 4 is 28.9 Å². The molecule has 4 nitrogen and oxygen atoms in total. The highest BCUT2D eigenvalue weighted by atomic mass is 32.1. The third-order valence-electron chi connectivity index (χ3n) is 3.34. The van der Waals surface area contributed by atoms with Gasteiger partial charge in [-0.2, -0.15) is 0 Å². The van der Waals surface area contributed by atoms with E-state index in [9.17, 15) is 9.59 Å². The second-order valence-electron chi connectivity index (χ2n) is 5.00. The summed E-state index contributed by atoms with van der Waals surface area (Å²) in [4.78, 5) is 24.8. The molecule has 2 aromatic rings. The zero-order chi connectivity index (χ0) is 15.9. The Hall–Kier alpha value is -2.14. The number of hydrogen-bond acceptors (Lipinski definition) is 4. The molecule has 0 unspecified atom stereocenters. The second kappa shape index (κ2) is 7.75. The van der Waals surface area contributed by atoms with Crippen LogP contribution in [0.4, 0.5) is 5.69 Å². The molecule has 1 aromatic carbocycles. The quantitative estimate of drug-likeness (QED) is 0.824. The predicted molar refractivity (Wildman–Crippen MR) is 88.4 cm³/mol. The number of benzene rings is 1. The normalized spacial score (nSPS) is 10.3. The van der Waals surface area contributed by atoms with Gasteiger partial charge in [0, 0.05) is 17.0 Å². The van der Waals surface area contributed by atoms with E-state index in [1.165, 1.54) is 12.0 Å². The summed E-state index contributed by atoms with van der Waals surface area (Å²) >= 11 is 1.71. The van der Waals surface area contributed by atoms with Gasteiger partial charge in [0.2, 0.25) is 5.91 Å². The smallest absolute Gasteiger partial charge is 0.337 e. The third kappa shape index (κ3) is 4.43. The zero-order valence-electron chi connectivity index (χ0n) is 12.7. The molecule has 0 radical (unpaired) electrons. The number of thiophene rings is 1. The van der Waals surface area contributed by atoms with E-state index in [1.807, 2.05) is 18.4 Å². The first-order valence-electron chi connectivity index (χ1n) is 7.11. The molecule has 116 valence electrons. The summed E-state index contributed by atoms with van der Waals surface area (Å²) < 4.78 is 4.69. The highest BCUT2D eigenvalue weighted by Gasteiger charge is 2.10. The molecule has 0 saturated carbocycles. The van der Waals surface area contributed by atoms with Gasteiger partial charge in [0.25, 0.3) is 0 Å². The van der Waals surface area contributed by atoms with Gasteiger partial charge in [-0.25, -0.2) is 4.79 Å². The molecule has 0 aliphatic rings. The van der Waals surface area contributed by atoms with Crippen LogP contribution in [-0.4, -0.2) is 19.0 Å². The van der Waals surface area contributed by atoms with Crippen LogP contribution < -0.4 is 5.32 Å². The Bertz CT molecular complexity index is 650. The minimum atomic E-state index is -0.409. The highest BCUT2D eigenvalue weighted by molar-refractivity contribution is 7.09. The summed E-state index contributed by atoms with van der Waals surface area (Å²) in [7, 11) is 1.34. The lowest BCUT2D eigenvalue weighted by molar-refractivity contribution is -0.116. The summed E-state index contributed by atoms with van der Waals surface area (Å²) in [6, 6.07) is 9.23. The molecule has 1 N–H and O–H groups in total. The van der Waals surface area contributed by atoms with Crippen molar-refractivity contribution < 1.29 is 14.3 Å². The van der Waals surface area contributed by atoms with Crippen LogP contribution in [0, 0.1) is 6.92 Å². The van der Waals surface area contributed by atoms with Crippen molar-refractivity contribution in [2.24, 2.45) is 0 Å². The molecule has 1 heterocycles. The van der Waals surface area contributed by atoms with Crippen LogP contribution in [-0.2, 0) is 16.0 Å². The van der Waals surface area contributed by atoms with E-state index in [0.29, 0.717) is 17.7 Å². The lowest BCUT2D eigenvalue weighted by atomic mass is 10.1. The van der Waals surface area contributed by atoms with Gasteiger partial charge in [0.05, 0.1) is 12.7 Å². The summed E-state index contributed by atoms with van der Waals surface area (Å²) in [6.45, 7) is 1.89. The number of carbonyl (C=O) groups is 2. The van der Waals surface area contributed by atoms with Crippen LogP contribution in [0.2, 0.25) is 0 Å². The third-order valence-corrected chi connectivity index (χ3v) is 4.28. The molecule has 0 aliphatic heterocycles. The Balaban J connectivity index is 1.91. The Labute approximate surface area is 134 Å². The van der Waals surface area contributed by atoms with E-state index < -0.39 is 5.97 Å². The number of esters is 1. The summed E-state index contributed by atoms with van der Waals surface area (Å²) in [6.07, 6.45) is 2.17. The molecule has 0 fully saturated rings. The number of amides is 1. The van der Waals surface area contributed by atoms with Crippen LogP contribution in [0.3, 0.4) is 0 Å². The van der Waals surface area contributed by atoms with Gasteiger partial charge in [-0.05, 0) is 48.9 Å². The summed E-state index contributed by atoms with van der Waals surface area (Å²) in [5.41, 5.74) is 2.00. The molecule has 22 heavy (non-hydrogen) atoms. The molecule has 2 rings (SSSR count). The second-order valence-corrected chi connectivity index (χ2v) is 6.03. The molecule has 0 spiro atoms. The van der Waals surface area contributed by atoms with E-state index in [1.54, 1.807) is 29.5 Å². The van der Waals surface area contributed by atoms with Crippen molar-refractivity contribution in [3.63, 3.8) is 0 Å². The predicted octanol–water partition coefficient (Wildman–Crippen LogP) is 3.80. The highest BCUT2D eigenvalue weighted by Crippen LogP contribution is 2.18. The van der Waals surface area contributed by atoms with E-state index >= 15 is 0 Å². The van der Waals surface area contributed by atoms with Crippen molar-refractivity contribution in [1.82, 2.24) is 0 Å². The molecule has 0 atom stereocenters. The Kier molecular flexibility index (Phi) is 5.72. The van der Waals surface area contributed by atoms with E-state index in [-0.39, 0.29) is 5.91 Å². The van der Waals surface area contributed by atoms with Gasteiger partial charge < -0.3 is 10.1 Å². The lowest BCUT2D eigenvalue weighted by Crippen LogP contribution is -2.13. The van der Waals surface area contributed by atoms with Crippen molar-refractivity contribution in [3.8, 4) is 0 Å². The first kappa shape index (κ1) is 16.2. The largest absolute Gasteiger partial charge is 0.465 e. The zero-order valence-corrected chi connectivity index (χ0v) is 13.5. The molecular formula is C17H19NO3S. The van der Waals surface area contributed by atoms with Gasteiger partial charge in [-0.3, -0.25) is 4.79 Å². The lowest BCUT2D eigenvalue weighted by Gasteiger charge is -2.10. The van der Waals surface area contributed by atoms with Gasteiger partial charge >= 0.3 is 5.97 Å².